The summed E-state index contributed by atoms with van der Waals surface area (Å²) in [5, 5.41) is 12.5. The van der Waals surface area contributed by atoms with E-state index in [0.717, 1.165) is 16.9 Å². The molecule has 0 saturated carbocycles. The zero-order valence-electron chi connectivity index (χ0n) is 11.7. The third-order valence-electron chi connectivity index (χ3n) is 3.65. The molecule has 21 heavy (non-hydrogen) atoms. The molecule has 2 atom stereocenters. The molecule has 0 bridgehead atoms. The van der Waals surface area contributed by atoms with Gasteiger partial charge in [0.15, 0.2) is 0 Å². The lowest BCUT2D eigenvalue weighted by Gasteiger charge is -2.12. The van der Waals surface area contributed by atoms with Crippen molar-refractivity contribution in [3.63, 3.8) is 0 Å². The van der Waals surface area contributed by atoms with Crippen LogP contribution in [0.15, 0.2) is 48.5 Å². The number of carbonyl (C=O) groups excluding carboxylic acids is 1. The number of hydrogen-bond acceptors (Lipinski definition) is 3. The van der Waals surface area contributed by atoms with Crippen LogP contribution in [-0.4, -0.2) is 17.6 Å². The number of anilines is 1. The molecule has 0 aliphatic carbocycles. The number of nitrogens with one attached hydrogen (secondary N) is 1. The molecule has 0 radical (unpaired) electrons. The lowest BCUT2D eigenvalue weighted by atomic mass is 10.0. The van der Waals surface area contributed by atoms with Crippen molar-refractivity contribution in [1.29, 1.82) is 0 Å². The summed E-state index contributed by atoms with van der Waals surface area (Å²) >= 11 is 0. The summed E-state index contributed by atoms with van der Waals surface area (Å²) < 4.78 is 5.53. The minimum Gasteiger partial charge on any atom is -0.492 e. The molecule has 108 valence electrons. The summed E-state index contributed by atoms with van der Waals surface area (Å²) in [4.78, 5) is 12.4. The highest BCUT2D eigenvalue weighted by Crippen LogP contribution is 2.34. The third-order valence-corrected chi connectivity index (χ3v) is 3.65. The molecule has 2 unspecified atom stereocenters. The van der Waals surface area contributed by atoms with E-state index in [1.54, 1.807) is 13.0 Å². The van der Waals surface area contributed by atoms with Gasteiger partial charge in [-0.2, -0.15) is 0 Å². The van der Waals surface area contributed by atoms with Crippen molar-refractivity contribution in [1.82, 2.24) is 0 Å². The molecule has 1 aliphatic heterocycles. The van der Waals surface area contributed by atoms with Gasteiger partial charge in [0, 0.05) is 11.3 Å². The molecule has 0 aromatic heterocycles. The van der Waals surface area contributed by atoms with Gasteiger partial charge in [-0.1, -0.05) is 30.3 Å². The lowest BCUT2D eigenvalue weighted by molar-refractivity contribution is -0.117. The summed E-state index contributed by atoms with van der Waals surface area (Å²) in [6.07, 6.45) is -0.558. The van der Waals surface area contributed by atoms with Crippen LogP contribution in [0, 0.1) is 0 Å². The quantitative estimate of drug-likeness (QED) is 0.910. The number of ether oxygens (including phenoxy) is 1. The monoisotopic (exact) mass is 283 g/mol. The van der Waals surface area contributed by atoms with E-state index >= 15 is 0 Å². The molecule has 1 heterocycles. The number of aliphatic hydroxyl groups is 1. The molecule has 2 N–H and O–H groups in total. The predicted octanol–water partition coefficient (Wildman–Crippen LogP) is 2.85. The topological polar surface area (TPSA) is 58.6 Å². The normalized spacial score (nSPS) is 17.7. The van der Waals surface area contributed by atoms with Gasteiger partial charge in [-0.15, -0.1) is 0 Å². The van der Waals surface area contributed by atoms with Crippen molar-refractivity contribution in [3.05, 3.63) is 59.7 Å². The van der Waals surface area contributed by atoms with E-state index in [0.29, 0.717) is 12.3 Å². The number of benzene rings is 2. The van der Waals surface area contributed by atoms with Crippen LogP contribution in [0.4, 0.5) is 5.69 Å². The molecule has 1 aliphatic rings. The molecular weight excluding hydrogens is 266 g/mol. The van der Waals surface area contributed by atoms with Gasteiger partial charge in [-0.05, 0) is 30.7 Å². The summed E-state index contributed by atoms with van der Waals surface area (Å²) in [5.74, 6) is 0.384. The first kappa shape index (κ1) is 13.6. The summed E-state index contributed by atoms with van der Waals surface area (Å²) in [7, 11) is 0. The minimum absolute atomic E-state index is 0.0947. The van der Waals surface area contributed by atoms with E-state index in [9.17, 15) is 9.90 Å². The Kier molecular flexibility index (Phi) is 3.62. The Morgan fingerprint density at radius 1 is 1.29 bits per heavy atom. The lowest BCUT2D eigenvalue weighted by Crippen LogP contribution is -2.22. The van der Waals surface area contributed by atoms with Gasteiger partial charge in [0.2, 0.25) is 5.91 Å². The van der Waals surface area contributed by atoms with Crippen LogP contribution in [0.2, 0.25) is 0 Å². The van der Waals surface area contributed by atoms with Gasteiger partial charge in [-0.25, -0.2) is 0 Å². The van der Waals surface area contributed by atoms with Gasteiger partial charge >= 0.3 is 0 Å². The number of carbonyl (C=O) groups is 1. The average molecular weight is 283 g/mol. The number of hydrogen-bond donors (Lipinski definition) is 2. The van der Waals surface area contributed by atoms with Crippen LogP contribution in [0.1, 0.15) is 30.1 Å². The van der Waals surface area contributed by atoms with Crippen molar-refractivity contribution in [3.8, 4) is 5.75 Å². The fourth-order valence-electron chi connectivity index (χ4n) is 2.49. The summed E-state index contributed by atoms with van der Waals surface area (Å²) in [6.45, 7) is 2.06. The van der Waals surface area contributed by atoms with Gasteiger partial charge in [0.25, 0.3) is 0 Å². The molecule has 0 fully saturated rings. The Bertz CT molecular complexity index is 667. The second kappa shape index (κ2) is 5.58. The highest BCUT2D eigenvalue weighted by Gasteiger charge is 2.30. The second-order valence-corrected chi connectivity index (χ2v) is 5.19. The maximum Gasteiger partial charge on any atom is 0.235 e. The van der Waals surface area contributed by atoms with E-state index in [1.807, 2.05) is 42.5 Å². The molecule has 0 saturated heterocycles. The Labute approximate surface area is 123 Å². The van der Waals surface area contributed by atoms with Crippen LogP contribution in [0.25, 0.3) is 0 Å². The molecule has 0 spiro atoms. The zero-order valence-corrected chi connectivity index (χ0v) is 11.7. The fraction of sp³-hybridized carbons (Fsp3) is 0.235. The standard InChI is InChI=1S/C17H17NO3/c1-11(19)12-5-4-6-13(9-12)18-17(20)15-10-21-16-8-3-2-7-14(15)16/h2-9,11,15,19H,10H2,1H3,(H,18,20). The van der Waals surface area contributed by atoms with Crippen LogP contribution in [-0.2, 0) is 4.79 Å². The molecule has 4 nitrogen and oxygen atoms in total. The maximum absolute atomic E-state index is 12.4. The van der Waals surface area contributed by atoms with Crippen molar-refractivity contribution < 1.29 is 14.6 Å². The number of amides is 1. The van der Waals surface area contributed by atoms with Crippen molar-refractivity contribution in [2.24, 2.45) is 0 Å². The van der Waals surface area contributed by atoms with E-state index in [-0.39, 0.29) is 11.8 Å². The van der Waals surface area contributed by atoms with Crippen molar-refractivity contribution in [2.75, 3.05) is 11.9 Å². The largest absolute Gasteiger partial charge is 0.492 e. The predicted molar refractivity (Wildman–Crippen MR) is 80.4 cm³/mol. The molecule has 4 heteroatoms. The van der Waals surface area contributed by atoms with Crippen LogP contribution in [0.5, 0.6) is 5.75 Å². The highest BCUT2D eigenvalue weighted by molar-refractivity contribution is 5.97. The molecule has 2 aromatic carbocycles. The SMILES string of the molecule is CC(O)c1cccc(NC(=O)C2COc3ccccc32)c1. The summed E-state index contributed by atoms with van der Waals surface area (Å²) in [5.41, 5.74) is 2.38. The van der Waals surface area contributed by atoms with E-state index in [2.05, 4.69) is 5.32 Å². The third kappa shape index (κ3) is 2.76. The average Bonchev–Trinajstić information content (AvgIpc) is 2.91. The Hall–Kier alpha value is -2.33. The Morgan fingerprint density at radius 2 is 2.10 bits per heavy atom. The minimum atomic E-state index is -0.558. The maximum atomic E-state index is 12.4. The highest BCUT2D eigenvalue weighted by atomic mass is 16.5. The first-order valence-corrected chi connectivity index (χ1v) is 6.96. The van der Waals surface area contributed by atoms with Crippen LogP contribution in [0.3, 0.4) is 0 Å². The number of para-hydroxylation sites is 1. The van der Waals surface area contributed by atoms with Crippen molar-refractivity contribution in [2.45, 2.75) is 18.9 Å². The second-order valence-electron chi connectivity index (χ2n) is 5.19. The van der Waals surface area contributed by atoms with E-state index in [4.69, 9.17) is 4.74 Å². The molecule has 2 aromatic rings. The summed E-state index contributed by atoms with van der Waals surface area (Å²) in [6, 6.07) is 14.8. The number of aliphatic hydroxyl groups excluding tert-OH is 1. The Balaban J connectivity index is 1.77. The van der Waals surface area contributed by atoms with Gasteiger partial charge in [0.05, 0.1) is 6.10 Å². The first-order valence-electron chi connectivity index (χ1n) is 6.96. The van der Waals surface area contributed by atoms with E-state index < -0.39 is 6.10 Å². The molecular formula is C17H17NO3. The number of fused-ring (bicyclic) bond motifs is 1. The molecule has 1 amide bonds. The Morgan fingerprint density at radius 3 is 2.90 bits per heavy atom. The first-order chi connectivity index (χ1) is 10.1. The van der Waals surface area contributed by atoms with Gasteiger partial charge in [0.1, 0.15) is 18.3 Å². The fourth-order valence-corrected chi connectivity index (χ4v) is 2.49. The van der Waals surface area contributed by atoms with Gasteiger partial charge < -0.3 is 15.2 Å². The van der Waals surface area contributed by atoms with Crippen LogP contribution < -0.4 is 10.1 Å². The number of rotatable bonds is 3. The van der Waals surface area contributed by atoms with E-state index in [1.165, 1.54) is 0 Å². The van der Waals surface area contributed by atoms with Gasteiger partial charge in [-0.3, -0.25) is 4.79 Å². The van der Waals surface area contributed by atoms with Crippen LogP contribution >= 0.6 is 0 Å². The van der Waals surface area contributed by atoms with Crippen molar-refractivity contribution >= 4 is 11.6 Å². The zero-order chi connectivity index (χ0) is 14.8. The smallest absolute Gasteiger partial charge is 0.235 e. The molecule has 3 rings (SSSR count).